The summed E-state index contributed by atoms with van der Waals surface area (Å²) in [5, 5.41) is 14.6. The molecule has 0 unspecified atom stereocenters. The van der Waals surface area contributed by atoms with Crippen molar-refractivity contribution in [2.24, 2.45) is 0 Å². The van der Waals surface area contributed by atoms with Crippen LogP contribution in [-0.4, -0.2) is 25.5 Å². The number of halogens is 4. The number of nitrogens with one attached hydrogen (secondary N) is 2. The molecule has 2 N–H and O–H groups in total. The highest BCUT2D eigenvalue weighted by molar-refractivity contribution is 14.1. The van der Waals surface area contributed by atoms with E-state index in [9.17, 15) is 28.0 Å². The Morgan fingerprint density at radius 3 is 2.47 bits per heavy atom. The summed E-state index contributed by atoms with van der Waals surface area (Å²) in [7, 11) is 1.39. The number of alkyl halides is 3. The highest BCUT2D eigenvalue weighted by atomic mass is 127. The quantitative estimate of drug-likeness (QED) is 0.175. The van der Waals surface area contributed by atoms with Crippen molar-refractivity contribution < 1.29 is 32.2 Å². The summed E-state index contributed by atoms with van der Waals surface area (Å²) in [6.45, 7) is 1.57. The number of para-hydroxylation sites is 1. The third-order valence-corrected chi connectivity index (χ3v) is 5.94. The maximum atomic E-state index is 13.0. The molecule has 0 aliphatic carbocycles. The van der Waals surface area contributed by atoms with Crippen LogP contribution in [0.1, 0.15) is 16.7 Å². The van der Waals surface area contributed by atoms with Gasteiger partial charge in [0.1, 0.15) is 11.6 Å². The van der Waals surface area contributed by atoms with Gasteiger partial charge in [0.15, 0.2) is 18.1 Å². The van der Waals surface area contributed by atoms with Crippen LogP contribution in [0.5, 0.6) is 11.5 Å². The predicted octanol–water partition coefficient (Wildman–Crippen LogP) is 6.19. The molecule has 3 rings (SSSR count). The molecule has 3 aromatic carbocycles. The number of amides is 2. The van der Waals surface area contributed by atoms with E-state index in [1.54, 1.807) is 24.3 Å². The molecule has 196 valence electrons. The molecule has 0 spiro atoms. The molecular formula is C27H21F3IN3O4. The number of nitrogens with zero attached hydrogens (tertiary/aromatic N) is 1. The van der Waals surface area contributed by atoms with E-state index in [1.807, 2.05) is 41.6 Å². The van der Waals surface area contributed by atoms with Gasteiger partial charge in [0, 0.05) is 11.4 Å². The molecule has 0 radical (unpaired) electrons. The van der Waals surface area contributed by atoms with E-state index in [1.165, 1.54) is 25.3 Å². The molecule has 2 amide bonds. The first-order chi connectivity index (χ1) is 18.0. The standard InChI is InChI=1S/C27H21F3IN3O4/c1-16-6-3-4-9-22(16)34-24(35)15-38-25-21(31)11-17(12-23(25)37-2)10-18(14-32)26(36)33-20-8-5-7-19(13-20)27(28,29)30/h3-13H,15H2,1-2H3,(H,33,36)(H,34,35)/b18-10+. The molecule has 0 bridgehead atoms. The zero-order valence-electron chi connectivity index (χ0n) is 20.2. The van der Waals surface area contributed by atoms with Gasteiger partial charge in [-0.05, 0) is 83.1 Å². The molecule has 38 heavy (non-hydrogen) atoms. The summed E-state index contributed by atoms with van der Waals surface area (Å²) in [5.41, 5.74) is 0.585. The van der Waals surface area contributed by atoms with Crippen LogP contribution in [-0.2, 0) is 15.8 Å². The molecule has 0 atom stereocenters. The molecule has 0 fully saturated rings. The van der Waals surface area contributed by atoms with E-state index < -0.39 is 17.6 Å². The van der Waals surface area contributed by atoms with Gasteiger partial charge in [0.05, 0.1) is 16.2 Å². The summed E-state index contributed by atoms with van der Waals surface area (Å²) >= 11 is 1.96. The zero-order chi connectivity index (χ0) is 27.9. The number of nitriles is 1. The summed E-state index contributed by atoms with van der Waals surface area (Å²) in [6.07, 6.45) is -3.31. The second-order valence-corrected chi connectivity index (χ2v) is 9.05. The Labute approximate surface area is 230 Å². The van der Waals surface area contributed by atoms with Gasteiger partial charge >= 0.3 is 6.18 Å². The summed E-state index contributed by atoms with van der Waals surface area (Å²) in [4.78, 5) is 25.0. The average molecular weight is 635 g/mol. The molecule has 3 aromatic rings. The van der Waals surface area contributed by atoms with Crippen LogP contribution >= 0.6 is 22.6 Å². The number of carbonyl (C=O) groups excluding carboxylic acids is 2. The van der Waals surface area contributed by atoms with Gasteiger partial charge in [0.2, 0.25) is 0 Å². The van der Waals surface area contributed by atoms with Crippen molar-refractivity contribution in [3.8, 4) is 17.6 Å². The molecule has 7 nitrogen and oxygen atoms in total. The fourth-order valence-electron chi connectivity index (χ4n) is 3.29. The van der Waals surface area contributed by atoms with Crippen molar-refractivity contribution in [1.82, 2.24) is 0 Å². The number of hydrogen-bond donors (Lipinski definition) is 2. The topological polar surface area (TPSA) is 100 Å². The lowest BCUT2D eigenvalue weighted by atomic mass is 10.1. The third-order valence-electron chi connectivity index (χ3n) is 5.14. The Morgan fingerprint density at radius 1 is 1.08 bits per heavy atom. The van der Waals surface area contributed by atoms with Crippen LogP contribution in [0, 0.1) is 21.8 Å². The summed E-state index contributed by atoms with van der Waals surface area (Å²) < 4.78 is 50.4. The van der Waals surface area contributed by atoms with Gasteiger partial charge in [-0.2, -0.15) is 18.4 Å². The predicted molar refractivity (Wildman–Crippen MR) is 145 cm³/mol. The van der Waals surface area contributed by atoms with Crippen LogP contribution in [0.25, 0.3) is 6.08 Å². The number of rotatable bonds is 8. The summed E-state index contributed by atoms with van der Waals surface area (Å²) in [5.74, 6) is -0.715. The van der Waals surface area contributed by atoms with E-state index in [0.717, 1.165) is 23.8 Å². The van der Waals surface area contributed by atoms with Crippen LogP contribution in [0.3, 0.4) is 0 Å². The molecular weight excluding hydrogens is 614 g/mol. The highest BCUT2D eigenvalue weighted by Gasteiger charge is 2.30. The lowest BCUT2D eigenvalue weighted by Gasteiger charge is -2.14. The molecule has 11 heteroatoms. The first-order valence-electron chi connectivity index (χ1n) is 11.0. The van der Waals surface area contributed by atoms with Gasteiger partial charge in [0.25, 0.3) is 11.8 Å². The van der Waals surface area contributed by atoms with Crippen molar-refractivity contribution >= 4 is 51.9 Å². The average Bonchev–Trinajstić information content (AvgIpc) is 2.87. The van der Waals surface area contributed by atoms with E-state index in [-0.39, 0.29) is 35.3 Å². The first-order valence-corrected chi connectivity index (χ1v) is 12.1. The van der Waals surface area contributed by atoms with Crippen LogP contribution in [0.15, 0.2) is 66.2 Å². The SMILES string of the molecule is COc1cc(/C=C(\C#N)C(=O)Nc2cccc(C(F)(F)F)c2)cc(I)c1OCC(=O)Nc1ccccc1C. The Morgan fingerprint density at radius 2 is 1.82 bits per heavy atom. The van der Waals surface area contributed by atoms with Crippen LogP contribution in [0.4, 0.5) is 24.5 Å². The largest absolute Gasteiger partial charge is 0.493 e. The Balaban J connectivity index is 1.76. The maximum absolute atomic E-state index is 13.0. The van der Waals surface area contributed by atoms with Crippen molar-refractivity contribution in [2.75, 3.05) is 24.4 Å². The normalized spacial score (nSPS) is 11.3. The fraction of sp³-hybridized carbons (Fsp3) is 0.148. The number of anilines is 2. The third kappa shape index (κ3) is 7.48. The first kappa shape index (κ1) is 28.5. The minimum atomic E-state index is -4.58. The second-order valence-electron chi connectivity index (χ2n) is 7.89. The van der Waals surface area contributed by atoms with Gasteiger partial charge in [-0.3, -0.25) is 9.59 Å². The lowest BCUT2D eigenvalue weighted by Crippen LogP contribution is -2.21. The van der Waals surface area contributed by atoms with Crippen molar-refractivity contribution in [3.05, 3.63) is 86.5 Å². The molecule has 0 aliphatic heterocycles. The lowest BCUT2D eigenvalue weighted by molar-refractivity contribution is -0.137. The number of benzene rings is 3. The second kappa shape index (κ2) is 12.5. The van der Waals surface area contributed by atoms with Gasteiger partial charge in [-0.15, -0.1) is 0 Å². The monoisotopic (exact) mass is 635 g/mol. The Hall–Kier alpha value is -4.05. The summed E-state index contributed by atoms with van der Waals surface area (Å²) in [6, 6.07) is 16.3. The van der Waals surface area contributed by atoms with E-state index in [4.69, 9.17) is 9.47 Å². The van der Waals surface area contributed by atoms with Crippen molar-refractivity contribution in [3.63, 3.8) is 0 Å². The number of methoxy groups -OCH3 is 1. The molecule has 0 aromatic heterocycles. The highest BCUT2D eigenvalue weighted by Crippen LogP contribution is 2.35. The molecule has 0 aliphatic rings. The smallest absolute Gasteiger partial charge is 0.416 e. The van der Waals surface area contributed by atoms with Crippen LogP contribution in [0.2, 0.25) is 0 Å². The van der Waals surface area contributed by atoms with E-state index in [0.29, 0.717) is 14.8 Å². The van der Waals surface area contributed by atoms with E-state index in [2.05, 4.69) is 10.6 Å². The van der Waals surface area contributed by atoms with Crippen LogP contribution < -0.4 is 20.1 Å². The fourth-order valence-corrected chi connectivity index (χ4v) is 4.07. The minimum Gasteiger partial charge on any atom is -0.493 e. The van der Waals surface area contributed by atoms with Crippen molar-refractivity contribution in [1.29, 1.82) is 5.26 Å². The Kier molecular flexibility index (Phi) is 9.35. The van der Waals surface area contributed by atoms with Crippen molar-refractivity contribution in [2.45, 2.75) is 13.1 Å². The number of ether oxygens (including phenoxy) is 2. The number of aryl methyl sites for hydroxylation is 1. The van der Waals surface area contributed by atoms with Gasteiger partial charge < -0.3 is 20.1 Å². The number of hydrogen-bond acceptors (Lipinski definition) is 5. The van der Waals surface area contributed by atoms with Gasteiger partial charge in [-0.25, -0.2) is 0 Å². The molecule has 0 saturated carbocycles. The van der Waals surface area contributed by atoms with Gasteiger partial charge in [-0.1, -0.05) is 24.3 Å². The van der Waals surface area contributed by atoms with E-state index >= 15 is 0 Å². The molecule has 0 saturated heterocycles. The zero-order valence-corrected chi connectivity index (χ0v) is 22.3. The minimum absolute atomic E-state index is 0.106. The molecule has 0 heterocycles. The Bertz CT molecular complexity index is 1430. The number of carbonyl (C=O) groups is 2. The maximum Gasteiger partial charge on any atom is 0.416 e.